The number of nitrogen functional groups attached to an aromatic ring is 1. The molecule has 0 bridgehead atoms. The second-order valence-corrected chi connectivity index (χ2v) is 6.15. The van der Waals surface area contributed by atoms with Crippen molar-refractivity contribution in [3.8, 4) is 0 Å². The SMILES string of the molecule is CCC1(CC)CCN(c2ncc(N)c(C)c2Br)C1. The predicted octanol–water partition coefficient (Wildman–Crippen LogP) is 3.75. The van der Waals surface area contributed by atoms with Gasteiger partial charge in [-0.3, -0.25) is 0 Å². The first-order valence-corrected chi connectivity index (χ1v) is 7.48. The maximum atomic E-state index is 5.88. The molecule has 100 valence electrons. The lowest BCUT2D eigenvalue weighted by molar-refractivity contribution is 0.301. The van der Waals surface area contributed by atoms with E-state index in [0.29, 0.717) is 5.41 Å². The average molecular weight is 312 g/mol. The van der Waals surface area contributed by atoms with E-state index in [0.717, 1.165) is 34.6 Å². The van der Waals surface area contributed by atoms with E-state index in [1.807, 2.05) is 6.92 Å². The summed E-state index contributed by atoms with van der Waals surface area (Å²) in [5.74, 6) is 1.05. The molecule has 1 aromatic rings. The molecule has 1 aromatic heterocycles. The third-order valence-corrected chi connectivity index (χ3v) is 5.47. The van der Waals surface area contributed by atoms with Crippen molar-refractivity contribution in [1.29, 1.82) is 0 Å². The lowest BCUT2D eigenvalue weighted by Gasteiger charge is -2.27. The quantitative estimate of drug-likeness (QED) is 0.924. The van der Waals surface area contributed by atoms with Crippen LogP contribution >= 0.6 is 15.9 Å². The van der Waals surface area contributed by atoms with Crippen LogP contribution in [0.3, 0.4) is 0 Å². The van der Waals surface area contributed by atoms with E-state index in [2.05, 4.69) is 39.7 Å². The fourth-order valence-electron chi connectivity index (χ4n) is 2.74. The summed E-state index contributed by atoms with van der Waals surface area (Å²) >= 11 is 3.64. The number of anilines is 2. The third-order valence-electron chi connectivity index (χ3n) is 4.52. The van der Waals surface area contributed by atoms with E-state index in [4.69, 9.17) is 5.73 Å². The van der Waals surface area contributed by atoms with Gasteiger partial charge >= 0.3 is 0 Å². The molecule has 1 saturated heterocycles. The number of hydrogen-bond acceptors (Lipinski definition) is 3. The largest absolute Gasteiger partial charge is 0.397 e. The Bertz CT molecular complexity index is 441. The highest BCUT2D eigenvalue weighted by atomic mass is 79.9. The number of aromatic nitrogens is 1. The van der Waals surface area contributed by atoms with E-state index in [9.17, 15) is 0 Å². The number of halogens is 1. The molecule has 1 aliphatic heterocycles. The molecular weight excluding hydrogens is 290 g/mol. The van der Waals surface area contributed by atoms with Crippen LogP contribution in [0.25, 0.3) is 0 Å². The van der Waals surface area contributed by atoms with Crippen LogP contribution in [0, 0.1) is 12.3 Å². The summed E-state index contributed by atoms with van der Waals surface area (Å²) in [6, 6.07) is 0. The van der Waals surface area contributed by atoms with Gasteiger partial charge in [-0.25, -0.2) is 4.98 Å². The molecule has 0 unspecified atom stereocenters. The van der Waals surface area contributed by atoms with Crippen LogP contribution in [0.4, 0.5) is 11.5 Å². The summed E-state index contributed by atoms with van der Waals surface area (Å²) in [5, 5.41) is 0. The fourth-order valence-corrected chi connectivity index (χ4v) is 3.32. The minimum absolute atomic E-state index is 0.469. The number of hydrogen-bond donors (Lipinski definition) is 1. The lowest BCUT2D eigenvalue weighted by atomic mass is 9.82. The standard InChI is InChI=1S/C14H22BrN3/c1-4-14(5-2)6-7-18(9-14)13-12(15)10(3)11(16)8-17-13/h8H,4-7,9,16H2,1-3H3. The third kappa shape index (κ3) is 2.22. The molecule has 0 atom stereocenters. The molecule has 1 fully saturated rings. The van der Waals surface area contributed by atoms with Crippen LogP contribution in [-0.4, -0.2) is 18.1 Å². The van der Waals surface area contributed by atoms with Crippen LogP contribution in [0.2, 0.25) is 0 Å². The monoisotopic (exact) mass is 311 g/mol. The van der Waals surface area contributed by atoms with Gasteiger partial charge in [0, 0.05) is 13.1 Å². The molecule has 0 radical (unpaired) electrons. The number of pyridine rings is 1. The molecule has 2 rings (SSSR count). The van der Waals surface area contributed by atoms with Gasteiger partial charge in [0.2, 0.25) is 0 Å². The van der Waals surface area contributed by atoms with Crippen LogP contribution in [0.1, 0.15) is 38.7 Å². The number of rotatable bonds is 3. The first-order valence-electron chi connectivity index (χ1n) is 6.68. The molecule has 3 nitrogen and oxygen atoms in total. The topological polar surface area (TPSA) is 42.2 Å². The lowest BCUT2D eigenvalue weighted by Crippen LogP contribution is -2.27. The number of nitrogens with zero attached hydrogens (tertiary/aromatic N) is 2. The Hall–Kier alpha value is -0.770. The highest BCUT2D eigenvalue weighted by Crippen LogP contribution is 2.41. The van der Waals surface area contributed by atoms with E-state index >= 15 is 0 Å². The Morgan fingerprint density at radius 2 is 2.11 bits per heavy atom. The Morgan fingerprint density at radius 3 is 2.67 bits per heavy atom. The van der Waals surface area contributed by atoms with Crippen LogP contribution in [-0.2, 0) is 0 Å². The first kappa shape index (κ1) is 13.7. The highest BCUT2D eigenvalue weighted by molar-refractivity contribution is 9.10. The molecule has 0 aromatic carbocycles. The Morgan fingerprint density at radius 1 is 1.44 bits per heavy atom. The molecular formula is C14H22BrN3. The van der Waals surface area contributed by atoms with Gasteiger partial charge in [0.25, 0.3) is 0 Å². The summed E-state index contributed by atoms with van der Waals surface area (Å²) in [4.78, 5) is 6.90. The van der Waals surface area contributed by atoms with Crippen molar-refractivity contribution < 1.29 is 0 Å². The van der Waals surface area contributed by atoms with Gasteiger partial charge < -0.3 is 10.6 Å². The summed E-state index contributed by atoms with van der Waals surface area (Å²) in [6.07, 6.45) is 5.52. The van der Waals surface area contributed by atoms with Gasteiger partial charge in [-0.2, -0.15) is 0 Å². The van der Waals surface area contributed by atoms with Gasteiger partial charge in [-0.1, -0.05) is 13.8 Å². The van der Waals surface area contributed by atoms with E-state index in [1.54, 1.807) is 6.20 Å². The minimum Gasteiger partial charge on any atom is -0.397 e. The van der Waals surface area contributed by atoms with Crippen molar-refractivity contribution in [2.45, 2.75) is 40.0 Å². The molecule has 0 aliphatic carbocycles. The van der Waals surface area contributed by atoms with Crippen molar-refractivity contribution in [3.63, 3.8) is 0 Å². The van der Waals surface area contributed by atoms with Crippen LogP contribution in [0.5, 0.6) is 0 Å². The van der Waals surface area contributed by atoms with Crippen molar-refractivity contribution in [2.24, 2.45) is 5.41 Å². The zero-order valence-corrected chi connectivity index (χ0v) is 13.0. The molecule has 0 saturated carbocycles. The molecule has 0 spiro atoms. The second-order valence-electron chi connectivity index (χ2n) is 5.35. The van der Waals surface area contributed by atoms with Crippen LogP contribution in [0.15, 0.2) is 10.7 Å². The molecule has 4 heteroatoms. The van der Waals surface area contributed by atoms with E-state index in [1.165, 1.54) is 19.3 Å². The molecule has 2 N–H and O–H groups in total. The maximum absolute atomic E-state index is 5.88. The summed E-state index contributed by atoms with van der Waals surface area (Å²) in [6.45, 7) is 8.83. The van der Waals surface area contributed by atoms with Crippen molar-refractivity contribution in [2.75, 3.05) is 23.7 Å². The minimum atomic E-state index is 0.469. The smallest absolute Gasteiger partial charge is 0.143 e. The van der Waals surface area contributed by atoms with E-state index < -0.39 is 0 Å². The van der Waals surface area contributed by atoms with Crippen molar-refractivity contribution in [3.05, 3.63) is 16.2 Å². The zero-order chi connectivity index (χ0) is 13.3. The zero-order valence-electron chi connectivity index (χ0n) is 11.5. The predicted molar refractivity (Wildman–Crippen MR) is 80.9 cm³/mol. The van der Waals surface area contributed by atoms with Crippen LogP contribution < -0.4 is 10.6 Å². The van der Waals surface area contributed by atoms with Gasteiger partial charge in [0.05, 0.1) is 16.4 Å². The molecule has 2 heterocycles. The van der Waals surface area contributed by atoms with Gasteiger partial charge in [0.1, 0.15) is 5.82 Å². The number of nitrogens with two attached hydrogens (primary N) is 1. The fraction of sp³-hybridized carbons (Fsp3) is 0.643. The first-order chi connectivity index (χ1) is 8.53. The normalized spacial score (nSPS) is 18.3. The Kier molecular flexibility index (Phi) is 3.85. The van der Waals surface area contributed by atoms with Crippen molar-refractivity contribution in [1.82, 2.24) is 4.98 Å². The summed E-state index contributed by atoms with van der Waals surface area (Å²) in [5.41, 5.74) is 8.19. The molecule has 18 heavy (non-hydrogen) atoms. The van der Waals surface area contributed by atoms with Gasteiger partial charge in [0.15, 0.2) is 0 Å². The van der Waals surface area contributed by atoms with Gasteiger partial charge in [-0.15, -0.1) is 0 Å². The van der Waals surface area contributed by atoms with Crippen molar-refractivity contribution >= 4 is 27.4 Å². The Labute approximate surface area is 118 Å². The second kappa shape index (κ2) is 5.08. The van der Waals surface area contributed by atoms with Gasteiger partial charge in [-0.05, 0) is 53.1 Å². The maximum Gasteiger partial charge on any atom is 0.143 e. The highest BCUT2D eigenvalue weighted by Gasteiger charge is 2.36. The molecule has 1 aliphatic rings. The Balaban J connectivity index is 2.27. The molecule has 0 amide bonds. The summed E-state index contributed by atoms with van der Waals surface area (Å²) in [7, 11) is 0. The van der Waals surface area contributed by atoms with E-state index in [-0.39, 0.29) is 0 Å². The average Bonchev–Trinajstić information content (AvgIpc) is 2.81. The summed E-state index contributed by atoms with van der Waals surface area (Å²) < 4.78 is 1.05.